The minimum atomic E-state index is -0.523. The molecule has 0 aliphatic carbocycles. The molecule has 0 saturated carbocycles. The molecule has 2 aromatic rings. The Balaban J connectivity index is 2.21. The molecule has 0 fully saturated rings. The first-order chi connectivity index (χ1) is 12.7. The summed E-state index contributed by atoms with van der Waals surface area (Å²) in [6, 6.07) is 18.6. The largest absolute Gasteiger partial charge is 0.466 e. The SMILES string of the molecule is CCCC(OC(=O)c1ccccc1)C(Cc1ccccc1)C(=O)OCC. The predicted octanol–water partition coefficient (Wildman–Crippen LogP) is 4.43. The Morgan fingerprint density at radius 3 is 2.12 bits per heavy atom. The van der Waals surface area contributed by atoms with E-state index in [1.807, 2.05) is 43.3 Å². The molecule has 4 heteroatoms. The Kier molecular flexibility index (Phi) is 7.87. The molecule has 0 spiro atoms. The van der Waals surface area contributed by atoms with Crippen molar-refractivity contribution in [2.45, 2.75) is 39.2 Å². The van der Waals surface area contributed by atoms with Gasteiger partial charge in [0.05, 0.1) is 18.1 Å². The fourth-order valence-electron chi connectivity index (χ4n) is 2.89. The Hall–Kier alpha value is -2.62. The topological polar surface area (TPSA) is 52.6 Å². The molecule has 0 saturated heterocycles. The number of hydrogen-bond acceptors (Lipinski definition) is 4. The van der Waals surface area contributed by atoms with Crippen LogP contribution in [0.3, 0.4) is 0 Å². The highest BCUT2D eigenvalue weighted by Gasteiger charge is 2.32. The molecule has 0 radical (unpaired) electrons. The van der Waals surface area contributed by atoms with Crippen molar-refractivity contribution in [2.24, 2.45) is 5.92 Å². The molecule has 0 aliphatic heterocycles. The van der Waals surface area contributed by atoms with E-state index in [0.29, 0.717) is 25.0 Å². The summed E-state index contributed by atoms with van der Waals surface area (Å²) in [6.45, 7) is 4.09. The van der Waals surface area contributed by atoms with E-state index < -0.39 is 18.0 Å². The number of carbonyl (C=O) groups is 2. The zero-order valence-electron chi connectivity index (χ0n) is 15.4. The van der Waals surface area contributed by atoms with E-state index in [4.69, 9.17) is 9.47 Å². The molecule has 0 aromatic heterocycles. The Bertz CT molecular complexity index is 682. The van der Waals surface area contributed by atoms with Crippen LogP contribution in [0.2, 0.25) is 0 Å². The summed E-state index contributed by atoms with van der Waals surface area (Å²) >= 11 is 0. The predicted molar refractivity (Wildman–Crippen MR) is 101 cm³/mol. The third-order valence-electron chi connectivity index (χ3n) is 4.18. The second-order valence-corrected chi connectivity index (χ2v) is 6.15. The van der Waals surface area contributed by atoms with E-state index in [9.17, 15) is 9.59 Å². The van der Waals surface area contributed by atoms with Crippen molar-refractivity contribution in [1.29, 1.82) is 0 Å². The fraction of sp³-hybridized carbons (Fsp3) is 0.364. The van der Waals surface area contributed by atoms with Gasteiger partial charge in [-0.3, -0.25) is 4.79 Å². The number of carbonyl (C=O) groups excluding carboxylic acids is 2. The summed E-state index contributed by atoms with van der Waals surface area (Å²) in [5.74, 6) is -1.26. The summed E-state index contributed by atoms with van der Waals surface area (Å²) in [6.07, 6.45) is 1.37. The van der Waals surface area contributed by atoms with E-state index in [0.717, 1.165) is 12.0 Å². The molecule has 4 nitrogen and oxygen atoms in total. The molecule has 2 unspecified atom stereocenters. The average Bonchev–Trinajstić information content (AvgIpc) is 2.67. The van der Waals surface area contributed by atoms with E-state index in [1.54, 1.807) is 31.2 Å². The zero-order valence-corrected chi connectivity index (χ0v) is 15.4. The van der Waals surface area contributed by atoms with Gasteiger partial charge in [-0.15, -0.1) is 0 Å². The summed E-state index contributed by atoms with van der Waals surface area (Å²) in [4.78, 5) is 25.1. The van der Waals surface area contributed by atoms with Crippen molar-refractivity contribution in [1.82, 2.24) is 0 Å². The third-order valence-corrected chi connectivity index (χ3v) is 4.18. The average molecular weight is 354 g/mol. The van der Waals surface area contributed by atoms with Crippen molar-refractivity contribution >= 4 is 11.9 Å². The van der Waals surface area contributed by atoms with Crippen LogP contribution >= 0.6 is 0 Å². The number of rotatable bonds is 9. The van der Waals surface area contributed by atoms with Crippen molar-refractivity contribution < 1.29 is 19.1 Å². The van der Waals surface area contributed by atoms with Gasteiger partial charge in [0.2, 0.25) is 0 Å². The van der Waals surface area contributed by atoms with Gasteiger partial charge in [0, 0.05) is 0 Å². The summed E-state index contributed by atoms with van der Waals surface area (Å²) < 4.78 is 11.0. The Morgan fingerprint density at radius 2 is 1.54 bits per heavy atom. The smallest absolute Gasteiger partial charge is 0.338 e. The normalized spacial score (nSPS) is 12.8. The van der Waals surface area contributed by atoms with Crippen molar-refractivity contribution in [2.75, 3.05) is 6.61 Å². The standard InChI is InChI=1S/C22H26O4/c1-3-11-20(26-21(23)18-14-9-6-10-15-18)19(22(24)25-4-2)16-17-12-7-5-8-13-17/h5-10,12-15,19-20H,3-4,11,16H2,1-2H3. The molecule has 138 valence electrons. The van der Waals surface area contributed by atoms with Crippen molar-refractivity contribution in [3.05, 3.63) is 71.8 Å². The minimum Gasteiger partial charge on any atom is -0.466 e. The molecule has 2 rings (SSSR count). The maximum Gasteiger partial charge on any atom is 0.338 e. The molecule has 26 heavy (non-hydrogen) atoms. The van der Waals surface area contributed by atoms with Crippen LogP contribution in [0.1, 0.15) is 42.6 Å². The van der Waals surface area contributed by atoms with Crippen LogP contribution in [0.4, 0.5) is 0 Å². The Labute approximate surface area is 155 Å². The lowest BCUT2D eigenvalue weighted by atomic mass is 9.91. The van der Waals surface area contributed by atoms with Gasteiger partial charge in [-0.2, -0.15) is 0 Å². The Morgan fingerprint density at radius 1 is 0.923 bits per heavy atom. The van der Waals surface area contributed by atoms with Gasteiger partial charge in [-0.25, -0.2) is 4.79 Å². The maximum absolute atomic E-state index is 12.6. The van der Waals surface area contributed by atoms with Crippen molar-refractivity contribution in [3.63, 3.8) is 0 Å². The highest BCUT2D eigenvalue weighted by Crippen LogP contribution is 2.22. The lowest BCUT2D eigenvalue weighted by Crippen LogP contribution is -2.35. The van der Waals surface area contributed by atoms with E-state index in [-0.39, 0.29) is 5.97 Å². The van der Waals surface area contributed by atoms with Gasteiger partial charge < -0.3 is 9.47 Å². The van der Waals surface area contributed by atoms with Gasteiger partial charge in [-0.05, 0) is 37.5 Å². The minimum absolute atomic E-state index is 0.301. The van der Waals surface area contributed by atoms with E-state index in [2.05, 4.69) is 0 Å². The number of hydrogen-bond donors (Lipinski definition) is 0. The second-order valence-electron chi connectivity index (χ2n) is 6.15. The molecule has 0 heterocycles. The van der Waals surface area contributed by atoms with Crippen LogP contribution in [0.25, 0.3) is 0 Å². The quantitative estimate of drug-likeness (QED) is 0.625. The van der Waals surface area contributed by atoms with Gasteiger partial charge in [0.15, 0.2) is 0 Å². The highest BCUT2D eigenvalue weighted by atomic mass is 16.6. The van der Waals surface area contributed by atoms with Crippen LogP contribution in [-0.4, -0.2) is 24.6 Å². The first-order valence-electron chi connectivity index (χ1n) is 9.12. The molecule has 2 aromatic carbocycles. The zero-order chi connectivity index (χ0) is 18.8. The third kappa shape index (κ3) is 5.73. The van der Waals surface area contributed by atoms with E-state index >= 15 is 0 Å². The van der Waals surface area contributed by atoms with Crippen LogP contribution in [-0.2, 0) is 20.7 Å². The van der Waals surface area contributed by atoms with Crippen LogP contribution in [0.5, 0.6) is 0 Å². The van der Waals surface area contributed by atoms with Gasteiger partial charge in [-0.1, -0.05) is 61.9 Å². The molecular formula is C22H26O4. The molecule has 0 amide bonds. The summed E-state index contributed by atoms with van der Waals surface area (Å²) in [5.41, 5.74) is 1.50. The van der Waals surface area contributed by atoms with E-state index in [1.165, 1.54) is 0 Å². The maximum atomic E-state index is 12.6. The molecule has 2 atom stereocenters. The fourth-order valence-corrected chi connectivity index (χ4v) is 2.89. The molecule has 0 bridgehead atoms. The number of ether oxygens (including phenoxy) is 2. The van der Waals surface area contributed by atoms with Crippen LogP contribution in [0.15, 0.2) is 60.7 Å². The van der Waals surface area contributed by atoms with Gasteiger partial charge >= 0.3 is 11.9 Å². The molecule has 0 aliphatic rings. The van der Waals surface area contributed by atoms with Crippen LogP contribution in [0, 0.1) is 5.92 Å². The van der Waals surface area contributed by atoms with Crippen molar-refractivity contribution in [3.8, 4) is 0 Å². The first kappa shape index (κ1) is 19.7. The first-order valence-corrected chi connectivity index (χ1v) is 9.12. The van der Waals surface area contributed by atoms with Gasteiger partial charge in [0.25, 0.3) is 0 Å². The summed E-state index contributed by atoms with van der Waals surface area (Å²) in [7, 11) is 0. The number of benzene rings is 2. The molecular weight excluding hydrogens is 328 g/mol. The van der Waals surface area contributed by atoms with Crippen LogP contribution < -0.4 is 0 Å². The van der Waals surface area contributed by atoms with Gasteiger partial charge in [0.1, 0.15) is 6.10 Å². The monoisotopic (exact) mass is 354 g/mol. The second kappa shape index (κ2) is 10.4. The highest BCUT2D eigenvalue weighted by molar-refractivity contribution is 5.89. The lowest BCUT2D eigenvalue weighted by molar-refractivity contribution is -0.152. The summed E-state index contributed by atoms with van der Waals surface area (Å²) in [5, 5.41) is 0. The number of esters is 2. The lowest BCUT2D eigenvalue weighted by Gasteiger charge is -2.25. The molecule has 0 N–H and O–H groups in total.